The Bertz CT molecular complexity index is 557. The van der Waals surface area contributed by atoms with Crippen molar-refractivity contribution in [1.82, 2.24) is 4.90 Å². The van der Waals surface area contributed by atoms with E-state index in [1.807, 2.05) is 30.3 Å². The van der Waals surface area contributed by atoms with Gasteiger partial charge in [0.1, 0.15) is 0 Å². The summed E-state index contributed by atoms with van der Waals surface area (Å²) in [5.74, 6) is 0.423. The summed E-state index contributed by atoms with van der Waals surface area (Å²) in [5, 5.41) is 7.77. The average Bonchev–Trinajstić information content (AvgIpc) is 2.58. The molecule has 0 aliphatic carbocycles. The van der Waals surface area contributed by atoms with Crippen molar-refractivity contribution < 1.29 is 8.42 Å². The van der Waals surface area contributed by atoms with E-state index in [9.17, 15) is 8.42 Å². The number of nitrogens with zero attached hydrogens (tertiary/aromatic N) is 1. The normalized spacial score (nSPS) is 21.0. The Morgan fingerprint density at radius 3 is 2.60 bits per heavy atom. The van der Waals surface area contributed by atoms with Crippen molar-refractivity contribution >= 4 is 15.7 Å². The maximum absolute atomic E-state index is 11.6. The van der Waals surface area contributed by atoms with Crippen LogP contribution in [0, 0.1) is 5.41 Å². The minimum Gasteiger partial charge on any atom is -0.387 e. The third-order valence-corrected chi connectivity index (χ3v) is 5.38. The van der Waals surface area contributed by atoms with Crippen LogP contribution >= 0.6 is 0 Å². The quantitative estimate of drug-likeness (QED) is 0.636. The predicted octanol–water partition coefficient (Wildman–Crippen LogP) is 0.827. The summed E-state index contributed by atoms with van der Waals surface area (Å²) in [5.41, 5.74) is 6.72. The second-order valence-corrected chi connectivity index (χ2v) is 7.53. The van der Waals surface area contributed by atoms with Crippen molar-refractivity contribution in [2.45, 2.75) is 12.3 Å². The van der Waals surface area contributed by atoms with Crippen LogP contribution in [0.15, 0.2) is 30.3 Å². The van der Waals surface area contributed by atoms with Crippen LogP contribution in [0.5, 0.6) is 0 Å². The van der Waals surface area contributed by atoms with Gasteiger partial charge in [-0.3, -0.25) is 5.41 Å². The van der Waals surface area contributed by atoms with Crippen LogP contribution < -0.4 is 5.73 Å². The molecule has 110 valence electrons. The molecule has 1 aliphatic rings. The summed E-state index contributed by atoms with van der Waals surface area (Å²) in [6.45, 7) is 1.88. The molecule has 1 atom stereocenters. The molecule has 20 heavy (non-hydrogen) atoms. The zero-order chi connectivity index (χ0) is 14.6. The van der Waals surface area contributed by atoms with Crippen molar-refractivity contribution in [3.8, 4) is 0 Å². The molecule has 1 fully saturated rings. The van der Waals surface area contributed by atoms with Gasteiger partial charge in [0.15, 0.2) is 9.84 Å². The molecular formula is C14H21N3O2S. The Balaban J connectivity index is 2.08. The van der Waals surface area contributed by atoms with Crippen LogP contribution in [0.2, 0.25) is 0 Å². The van der Waals surface area contributed by atoms with Crippen LogP contribution in [0.3, 0.4) is 0 Å². The highest BCUT2D eigenvalue weighted by atomic mass is 32.2. The number of nitrogens with one attached hydrogen (secondary N) is 1. The van der Waals surface area contributed by atoms with Gasteiger partial charge in [0.25, 0.3) is 0 Å². The van der Waals surface area contributed by atoms with Gasteiger partial charge in [-0.1, -0.05) is 30.3 Å². The van der Waals surface area contributed by atoms with Crippen LogP contribution in [-0.2, 0) is 9.84 Å². The Labute approximate surface area is 120 Å². The first-order chi connectivity index (χ1) is 9.48. The minimum absolute atomic E-state index is 0.128. The monoisotopic (exact) mass is 295 g/mol. The van der Waals surface area contributed by atoms with E-state index in [2.05, 4.69) is 4.90 Å². The molecule has 1 unspecified atom stereocenters. The fourth-order valence-electron chi connectivity index (χ4n) is 2.50. The molecule has 1 aromatic rings. The molecule has 5 nitrogen and oxygen atoms in total. The molecule has 1 aromatic carbocycles. The highest BCUT2D eigenvalue weighted by Crippen LogP contribution is 2.18. The molecule has 1 aliphatic heterocycles. The lowest BCUT2D eigenvalue weighted by Crippen LogP contribution is -2.36. The molecule has 0 radical (unpaired) electrons. The van der Waals surface area contributed by atoms with Crippen molar-refractivity contribution in [3.63, 3.8) is 0 Å². The first-order valence-electron chi connectivity index (χ1n) is 6.79. The zero-order valence-corrected chi connectivity index (χ0v) is 12.3. The van der Waals surface area contributed by atoms with Crippen molar-refractivity contribution in [3.05, 3.63) is 35.9 Å². The van der Waals surface area contributed by atoms with Gasteiger partial charge in [0, 0.05) is 13.1 Å². The number of sulfone groups is 1. The maximum atomic E-state index is 11.6. The van der Waals surface area contributed by atoms with E-state index in [1.165, 1.54) is 0 Å². The zero-order valence-electron chi connectivity index (χ0n) is 11.5. The SMILES string of the molecule is N=C(N)C(CN1CCCS(=O)(=O)CC1)c1ccccc1. The standard InChI is InChI=1S/C14H21N3O2S/c15-14(16)13(12-5-2-1-3-6-12)11-17-7-4-9-20(18,19)10-8-17/h1-3,5-6,13H,4,7-11H2,(H3,15,16). The lowest BCUT2D eigenvalue weighted by molar-refractivity contribution is 0.292. The smallest absolute Gasteiger partial charge is 0.151 e. The molecule has 0 aromatic heterocycles. The van der Waals surface area contributed by atoms with Crippen LogP contribution in [0.25, 0.3) is 0 Å². The van der Waals surface area contributed by atoms with Crippen molar-refractivity contribution in [2.24, 2.45) is 5.73 Å². The van der Waals surface area contributed by atoms with E-state index in [0.717, 1.165) is 12.1 Å². The fraction of sp³-hybridized carbons (Fsp3) is 0.500. The van der Waals surface area contributed by atoms with Crippen molar-refractivity contribution in [2.75, 3.05) is 31.1 Å². The number of benzene rings is 1. The summed E-state index contributed by atoms with van der Waals surface area (Å²) < 4.78 is 23.2. The molecule has 3 N–H and O–H groups in total. The fourth-order valence-corrected chi connectivity index (χ4v) is 3.81. The molecule has 6 heteroatoms. The van der Waals surface area contributed by atoms with Gasteiger partial charge < -0.3 is 10.6 Å². The summed E-state index contributed by atoms with van der Waals surface area (Å²) in [7, 11) is -2.90. The third kappa shape index (κ3) is 4.05. The number of hydrogen-bond donors (Lipinski definition) is 2. The molecule has 2 rings (SSSR count). The number of rotatable bonds is 4. The molecule has 0 saturated carbocycles. The summed E-state index contributed by atoms with van der Waals surface area (Å²) >= 11 is 0. The van der Waals surface area contributed by atoms with E-state index >= 15 is 0 Å². The van der Waals surface area contributed by atoms with E-state index in [4.69, 9.17) is 11.1 Å². The van der Waals surface area contributed by atoms with Crippen LogP contribution in [0.1, 0.15) is 17.9 Å². The topological polar surface area (TPSA) is 87.2 Å². The lowest BCUT2D eigenvalue weighted by atomic mass is 9.97. The Morgan fingerprint density at radius 2 is 1.95 bits per heavy atom. The van der Waals surface area contributed by atoms with Gasteiger partial charge in [-0.25, -0.2) is 8.42 Å². The van der Waals surface area contributed by atoms with E-state index in [1.54, 1.807) is 0 Å². The highest BCUT2D eigenvalue weighted by Gasteiger charge is 2.23. The summed E-state index contributed by atoms with van der Waals surface area (Å²) in [4.78, 5) is 2.10. The Morgan fingerprint density at radius 1 is 1.25 bits per heavy atom. The molecule has 1 saturated heterocycles. The van der Waals surface area contributed by atoms with Gasteiger partial charge in [-0.2, -0.15) is 0 Å². The van der Waals surface area contributed by atoms with Gasteiger partial charge in [0.2, 0.25) is 0 Å². The third-order valence-electron chi connectivity index (χ3n) is 3.67. The van der Waals surface area contributed by atoms with Gasteiger partial charge in [0.05, 0.1) is 23.3 Å². The average molecular weight is 295 g/mol. The van der Waals surface area contributed by atoms with E-state index in [-0.39, 0.29) is 23.3 Å². The second kappa shape index (κ2) is 6.37. The minimum atomic E-state index is -2.90. The van der Waals surface area contributed by atoms with Gasteiger partial charge >= 0.3 is 0 Å². The summed E-state index contributed by atoms with van der Waals surface area (Å²) in [6.07, 6.45) is 0.655. The molecule has 0 spiro atoms. The van der Waals surface area contributed by atoms with Gasteiger partial charge in [-0.15, -0.1) is 0 Å². The largest absolute Gasteiger partial charge is 0.387 e. The van der Waals surface area contributed by atoms with Crippen molar-refractivity contribution in [1.29, 1.82) is 5.41 Å². The van der Waals surface area contributed by atoms with Crippen LogP contribution in [0.4, 0.5) is 0 Å². The molecule has 1 heterocycles. The number of amidine groups is 1. The number of hydrogen-bond acceptors (Lipinski definition) is 4. The lowest BCUT2D eigenvalue weighted by Gasteiger charge is -2.25. The Hall–Kier alpha value is -1.40. The first-order valence-corrected chi connectivity index (χ1v) is 8.62. The summed E-state index contributed by atoms with van der Waals surface area (Å²) in [6, 6.07) is 9.71. The van der Waals surface area contributed by atoms with Crippen LogP contribution in [-0.4, -0.2) is 50.3 Å². The molecule has 0 amide bonds. The molecular weight excluding hydrogens is 274 g/mol. The highest BCUT2D eigenvalue weighted by molar-refractivity contribution is 7.91. The van der Waals surface area contributed by atoms with E-state index in [0.29, 0.717) is 19.5 Å². The Kier molecular flexibility index (Phi) is 4.77. The van der Waals surface area contributed by atoms with Gasteiger partial charge in [-0.05, 0) is 18.5 Å². The second-order valence-electron chi connectivity index (χ2n) is 5.22. The number of nitrogens with two attached hydrogens (primary N) is 1. The first kappa shape index (κ1) is 15.0. The maximum Gasteiger partial charge on any atom is 0.151 e. The van der Waals surface area contributed by atoms with E-state index < -0.39 is 9.84 Å². The predicted molar refractivity (Wildman–Crippen MR) is 80.8 cm³/mol. The molecule has 0 bridgehead atoms.